The molecule has 0 saturated heterocycles. The Kier molecular flexibility index (Phi) is 5.29. The van der Waals surface area contributed by atoms with E-state index in [2.05, 4.69) is 13.8 Å². The molecule has 2 rings (SSSR count). The van der Waals surface area contributed by atoms with Crippen molar-refractivity contribution in [1.29, 1.82) is 0 Å². The predicted octanol–water partition coefficient (Wildman–Crippen LogP) is 4.99. The highest BCUT2D eigenvalue weighted by atomic mass is 35.7. The van der Waals surface area contributed by atoms with Gasteiger partial charge in [0.25, 0.3) is 9.05 Å². The van der Waals surface area contributed by atoms with Gasteiger partial charge in [0.05, 0.1) is 4.90 Å². The summed E-state index contributed by atoms with van der Waals surface area (Å²) in [7, 11) is 1.84. The molecule has 2 aromatic rings. The first-order valence-corrected chi connectivity index (χ1v) is 10.5. The number of benzene rings is 2. The number of fused-ring (bicyclic) bond motifs is 1. The van der Waals surface area contributed by atoms with E-state index in [4.69, 9.17) is 10.7 Å². The number of hydrogen-bond acceptors (Lipinski definition) is 4. The summed E-state index contributed by atoms with van der Waals surface area (Å²) in [5.74, 6) is 1.83. The molecule has 0 N–H and O–H groups in total. The van der Waals surface area contributed by atoms with Gasteiger partial charge in [-0.1, -0.05) is 38.1 Å². The van der Waals surface area contributed by atoms with Crippen molar-refractivity contribution in [2.45, 2.75) is 28.5 Å². The number of halogens is 1. The smallest absolute Gasteiger partial charge is 0.207 e. The Balaban J connectivity index is 2.86. The average Bonchev–Trinajstić information content (AvgIpc) is 2.40. The first kappa shape index (κ1) is 16.0. The molecule has 0 aliphatic rings. The van der Waals surface area contributed by atoms with Crippen molar-refractivity contribution >= 4 is 54.0 Å². The molecule has 0 radical (unpaired) electrons. The van der Waals surface area contributed by atoms with Crippen molar-refractivity contribution in [3.8, 4) is 0 Å². The third kappa shape index (κ3) is 3.27. The molecule has 0 unspecified atom stereocenters. The standard InChI is InChI=1S/C14H15ClO2S3/c1-3-18-12-9-13(20(15,16)17)10-7-5-6-8-11(10)14(12)19-4-2/h5-9H,3-4H2,1-2H3. The second kappa shape index (κ2) is 6.60. The molecule has 0 bridgehead atoms. The molecule has 0 fully saturated rings. The third-order valence-corrected chi connectivity index (χ3v) is 6.20. The zero-order valence-corrected chi connectivity index (χ0v) is 14.4. The van der Waals surface area contributed by atoms with Crippen LogP contribution in [0.5, 0.6) is 0 Å². The molecule has 2 aromatic carbocycles. The van der Waals surface area contributed by atoms with Crippen molar-refractivity contribution in [3.05, 3.63) is 30.3 Å². The Morgan fingerprint density at radius 1 is 1.05 bits per heavy atom. The minimum Gasteiger partial charge on any atom is -0.207 e. The lowest BCUT2D eigenvalue weighted by molar-refractivity contribution is 0.610. The number of hydrogen-bond donors (Lipinski definition) is 0. The van der Waals surface area contributed by atoms with Crippen LogP contribution in [0.3, 0.4) is 0 Å². The zero-order chi connectivity index (χ0) is 14.8. The van der Waals surface area contributed by atoms with E-state index in [1.165, 1.54) is 0 Å². The largest absolute Gasteiger partial charge is 0.261 e. The van der Waals surface area contributed by atoms with Crippen LogP contribution in [0.25, 0.3) is 10.8 Å². The van der Waals surface area contributed by atoms with Gasteiger partial charge < -0.3 is 0 Å². The van der Waals surface area contributed by atoms with Crippen molar-refractivity contribution < 1.29 is 8.42 Å². The highest BCUT2D eigenvalue weighted by Gasteiger charge is 2.19. The minimum absolute atomic E-state index is 0.200. The normalized spacial score (nSPS) is 11.9. The molecule has 20 heavy (non-hydrogen) atoms. The van der Waals surface area contributed by atoms with Gasteiger partial charge >= 0.3 is 0 Å². The molecule has 0 saturated carbocycles. The van der Waals surface area contributed by atoms with Crippen LogP contribution in [0.4, 0.5) is 0 Å². The van der Waals surface area contributed by atoms with Crippen LogP contribution in [0.15, 0.2) is 45.0 Å². The predicted molar refractivity (Wildman–Crippen MR) is 89.8 cm³/mol. The van der Waals surface area contributed by atoms with Crippen molar-refractivity contribution in [2.24, 2.45) is 0 Å². The summed E-state index contributed by atoms with van der Waals surface area (Å²) in [6.45, 7) is 4.14. The first-order valence-electron chi connectivity index (χ1n) is 6.25. The van der Waals surface area contributed by atoms with Crippen LogP contribution in [0.1, 0.15) is 13.8 Å². The van der Waals surface area contributed by atoms with E-state index in [1.807, 2.05) is 24.3 Å². The van der Waals surface area contributed by atoms with Crippen molar-refractivity contribution in [3.63, 3.8) is 0 Å². The van der Waals surface area contributed by atoms with Gasteiger partial charge in [-0.2, -0.15) is 0 Å². The topological polar surface area (TPSA) is 34.1 Å². The Morgan fingerprint density at radius 2 is 1.65 bits per heavy atom. The summed E-state index contributed by atoms with van der Waals surface area (Å²) in [5.41, 5.74) is 0. The highest BCUT2D eigenvalue weighted by Crippen LogP contribution is 2.40. The minimum atomic E-state index is -3.75. The number of thioether (sulfide) groups is 2. The van der Waals surface area contributed by atoms with Crippen molar-refractivity contribution in [1.82, 2.24) is 0 Å². The molecule has 0 heterocycles. The molecule has 0 aliphatic carbocycles. The summed E-state index contributed by atoms with van der Waals surface area (Å²) >= 11 is 3.37. The lowest BCUT2D eigenvalue weighted by atomic mass is 10.1. The fraction of sp³-hybridized carbons (Fsp3) is 0.286. The summed E-state index contributed by atoms with van der Waals surface area (Å²) in [6, 6.07) is 9.23. The summed E-state index contributed by atoms with van der Waals surface area (Å²) in [6.07, 6.45) is 0. The average molecular weight is 347 g/mol. The van der Waals surface area contributed by atoms with E-state index in [-0.39, 0.29) is 4.90 Å². The van der Waals surface area contributed by atoms with Crippen molar-refractivity contribution in [2.75, 3.05) is 11.5 Å². The van der Waals surface area contributed by atoms with Gasteiger partial charge in [0.1, 0.15) is 0 Å². The van der Waals surface area contributed by atoms with Crippen LogP contribution in [-0.2, 0) is 9.05 Å². The van der Waals surface area contributed by atoms with Gasteiger partial charge in [0.15, 0.2) is 0 Å². The summed E-state index contributed by atoms with van der Waals surface area (Å²) < 4.78 is 23.6. The van der Waals surface area contributed by atoms with E-state index in [0.29, 0.717) is 5.39 Å². The van der Waals surface area contributed by atoms with Gasteiger partial charge in [-0.3, -0.25) is 0 Å². The molecular formula is C14H15ClO2S3. The van der Waals surface area contributed by atoms with E-state index < -0.39 is 9.05 Å². The molecule has 2 nitrogen and oxygen atoms in total. The van der Waals surface area contributed by atoms with E-state index in [9.17, 15) is 8.42 Å². The summed E-state index contributed by atoms with van der Waals surface area (Å²) in [4.78, 5) is 2.32. The summed E-state index contributed by atoms with van der Waals surface area (Å²) in [5, 5.41) is 1.65. The van der Waals surface area contributed by atoms with Gasteiger partial charge in [0, 0.05) is 25.9 Å². The van der Waals surface area contributed by atoms with E-state index in [1.54, 1.807) is 29.6 Å². The van der Waals surface area contributed by atoms with Crippen LogP contribution < -0.4 is 0 Å². The van der Waals surface area contributed by atoms with E-state index >= 15 is 0 Å². The maximum absolute atomic E-state index is 11.8. The first-order chi connectivity index (χ1) is 9.49. The van der Waals surface area contributed by atoms with Gasteiger partial charge in [0.2, 0.25) is 0 Å². The van der Waals surface area contributed by atoms with Gasteiger partial charge in [-0.25, -0.2) is 8.42 Å². The van der Waals surface area contributed by atoms with Gasteiger partial charge in [-0.05, 0) is 23.0 Å². The number of rotatable bonds is 5. The van der Waals surface area contributed by atoms with Crippen LogP contribution >= 0.6 is 34.2 Å². The molecule has 6 heteroatoms. The van der Waals surface area contributed by atoms with Crippen LogP contribution in [-0.4, -0.2) is 19.9 Å². The van der Waals surface area contributed by atoms with E-state index in [0.717, 1.165) is 26.7 Å². The Hall–Kier alpha value is -0.360. The highest BCUT2D eigenvalue weighted by molar-refractivity contribution is 8.14. The Bertz CT molecular complexity index is 727. The second-order valence-corrected chi connectivity index (χ2v) is 9.17. The fourth-order valence-corrected chi connectivity index (χ4v) is 5.14. The molecular weight excluding hydrogens is 332 g/mol. The molecule has 108 valence electrons. The molecule has 0 amide bonds. The molecule has 0 spiro atoms. The maximum Gasteiger partial charge on any atom is 0.261 e. The molecule has 0 aromatic heterocycles. The Labute approximate surface area is 132 Å². The monoisotopic (exact) mass is 346 g/mol. The SMILES string of the molecule is CCSc1cc(S(=O)(=O)Cl)c2ccccc2c1SCC. The lowest BCUT2D eigenvalue weighted by Crippen LogP contribution is -1.96. The fourth-order valence-electron chi connectivity index (χ4n) is 2.05. The van der Waals surface area contributed by atoms with Gasteiger partial charge in [-0.15, -0.1) is 23.5 Å². The molecule has 0 atom stereocenters. The molecule has 0 aliphatic heterocycles. The quantitative estimate of drug-likeness (QED) is 0.564. The van der Waals surface area contributed by atoms with Crippen LogP contribution in [0, 0.1) is 0 Å². The lowest BCUT2D eigenvalue weighted by Gasteiger charge is -2.14. The Morgan fingerprint density at radius 3 is 2.20 bits per heavy atom. The second-order valence-electron chi connectivity index (χ2n) is 4.05. The maximum atomic E-state index is 11.8. The van der Waals surface area contributed by atoms with Crippen LogP contribution in [0.2, 0.25) is 0 Å². The third-order valence-electron chi connectivity index (χ3n) is 2.77. The zero-order valence-electron chi connectivity index (χ0n) is 11.2.